The molecule has 1 atom stereocenters. The Kier molecular flexibility index (Phi) is 5.14. The molecular formula is C18H16FN3O2S. The van der Waals surface area contributed by atoms with Crippen LogP contribution in [0.15, 0.2) is 58.2 Å². The highest BCUT2D eigenvalue weighted by atomic mass is 32.2. The van der Waals surface area contributed by atoms with Gasteiger partial charge in [0.1, 0.15) is 5.82 Å². The molecule has 0 radical (unpaired) electrons. The number of amides is 1. The van der Waals surface area contributed by atoms with Gasteiger partial charge in [0.05, 0.1) is 5.25 Å². The van der Waals surface area contributed by atoms with E-state index in [-0.39, 0.29) is 11.7 Å². The van der Waals surface area contributed by atoms with Gasteiger partial charge in [-0.3, -0.25) is 4.79 Å². The first kappa shape index (κ1) is 17.2. The number of carbonyl (C=O) groups is 1. The average Bonchev–Trinajstić information content (AvgIpc) is 3.06. The van der Waals surface area contributed by atoms with Crippen LogP contribution in [0, 0.1) is 12.7 Å². The SMILES string of the molecule is Cc1ccc(-c2nnc(S[C@H](C)C(=O)Nc3ccc(F)cc3)o2)cc1. The number of nitrogens with one attached hydrogen (secondary N) is 1. The number of thioether (sulfide) groups is 1. The highest BCUT2D eigenvalue weighted by Gasteiger charge is 2.19. The maximum atomic E-state index is 12.9. The second kappa shape index (κ2) is 7.48. The van der Waals surface area contributed by atoms with E-state index in [0.29, 0.717) is 16.8 Å². The zero-order valence-corrected chi connectivity index (χ0v) is 14.5. The Labute approximate surface area is 148 Å². The fraction of sp³-hybridized carbons (Fsp3) is 0.167. The Bertz CT molecular complexity index is 863. The Morgan fingerprint density at radius 3 is 2.48 bits per heavy atom. The van der Waals surface area contributed by atoms with E-state index in [4.69, 9.17) is 4.42 Å². The van der Waals surface area contributed by atoms with Gasteiger partial charge >= 0.3 is 0 Å². The van der Waals surface area contributed by atoms with Crippen molar-refractivity contribution in [2.75, 3.05) is 5.32 Å². The summed E-state index contributed by atoms with van der Waals surface area (Å²) < 4.78 is 18.5. The second-order valence-corrected chi connectivity index (χ2v) is 6.79. The van der Waals surface area contributed by atoms with Crippen LogP contribution in [0.5, 0.6) is 0 Å². The van der Waals surface area contributed by atoms with Crippen molar-refractivity contribution in [1.82, 2.24) is 10.2 Å². The van der Waals surface area contributed by atoms with Crippen LogP contribution >= 0.6 is 11.8 Å². The van der Waals surface area contributed by atoms with Gasteiger partial charge in [-0.15, -0.1) is 10.2 Å². The van der Waals surface area contributed by atoms with Gasteiger partial charge < -0.3 is 9.73 Å². The third-order valence-corrected chi connectivity index (χ3v) is 4.40. The van der Waals surface area contributed by atoms with Gasteiger partial charge in [0.2, 0.25) is 11.8 Å². The van der Waals surface area contributed by atoms with E-state index in [1.807, 2.05) is 31.2 Å². The van der Waals surface area contributed by atoms with Crippen molar-refractivity contribution < 1.29 is 13.6 Å². The molecule has 0 fully saturated rings. The predicted octanol–water partition coefficient (Wildman–Crippen LogP) is 4.30. The van der Waals surface area contributed by atoms with Gasteiger partial charge in [0.15, 0.2) is 0 Å². The van der Waals surface area contributed by atoms with Crippen molar-refractivity contribution in [2.24, 2.45) is 0 Å². The van der Waals surface area contributed by atoms with E-state index in [2.05, 4.69) is 15.5 Å². The van der Waals surface area contributed by atoms with Crippen LogP contribution < -0.4 is 5.32 Å². The fourth-order valence-corrected chi connectivity index (χ4v) is 2.74. The minimum absolute atomic E-state index is 0.230. The number of hydrogen-bond donors (Lipinski definition) is 1. The molecule has 1 heterocycles. The molecule has 1 aromatic heterocycles. The van der Waals surface area contributed by atoms with Crippen LogP contribution in [-0.4, -0.2) is 21.4 Å². The lowest BCUT2D eigenvalue weighted by molar-refractivity contribution is -0.115. The summed E-state index contributed by atoms with van der Waals surface area (Å²) in [5.74, 6) is -0.171. The summed E-state index contributed by atoms with van der Waals surface area (Å²) >= 11 is 1.17. The molecule has 0 spiro atoms. The lowest BCUT2D eigenvalue weighted by Gasteiger charge is -2.09. The first-order valence-corrected chi connectivity index (χ1v) is 8.53. The molecule has 5 nitrogen and oxygen atoms in total. The van der Waals surface area contributed by atoms with Gasteiger partial charge in [0, 0.05) is 11.3 Å². The third-order valence-electron chi connectivity index (χ3n) is 3.46. The Balaban J connectivity index is 1.62. The molecule has 1 amide bonds. The normalized spacial score (nSPS) is 12.0. The number of nitrogens with zero attached hydrogens (tertiary/aromatic N) is 2. The molecule has 0 bridgehead atoms. The van der Waals surface area contributed by atoms with E-state index in [9.17, 15) is 9.18 Å². The molecule has 128 valence electrons. The molecule has 0 saturated carbocycles. The van der Waals surface area contributed by atoms with Gasteiger partial charge in [-0.25, -0.2) is 4.39 Å². The Hall–Kier alpha value is -2.67. The minimum atomic E-state index is -0.448. The van der Waals surface area contributed by atoms with E-state index >= 15 is 0 Å². The quantitative estimate of drug-likeness (QED) is 0.690. The highest BCUT2D eigenvalue weighted by molar-refractivity contribution is 8.00. The van der Waals surface area contributed by atoms with Crippen molar-refractivity contribution in [3.8, 4) is 11.5 Å². The molecule has 2 aromatic carbocycles. The van der Waals surface area contributed by atoms with Gasteiger partial charge in [-0.05, 0) is 50.2 Å². The van der Waals surface area contributed by atoms with Gasteiger partial charge in [0.25, 0.3) is 5.22 Å². The van der Waals surface area contributed by atoms with Crippen LogP contribution in [0.3, 0.4) is 0 Å². The predicted molar refractivity (Wildman–Crippen MR) is 94.8 cm³/mol. The number of hydrogen-bond acceptors (Lipinski definition) is 5. The first-order chi connectivity index (χ1) is 12.0. The topological polar surface area (TPSA) is 68.0 Å². The summed E-state index contributed by atoms with van der Waals surface area (Å²) in [5.41, 5.74) is 2.50. The van der Waals surface area contributed by atoms with E-state index in [1.165, 1.54) is 36.0 Å². The maximum Gasteiger partial charge on any atom is 0.277 e. The fourth-order valence-electron chi connectivity index (χ4n) is 2.05. The summed E-state index contributed by atoms with van der Waals surface area (Å²) in [7, 11) is 0. The summed E-state index contributed by atoms with van der Waals surface area (Å²) in [5, 5.41) is 10.6. The molecule has 0 aliphatic rings. The molecular weight excluding hydrogens is 341 g/mol. The van der Waals surface area contributed by atoms with Crippen LogP contribution in [0.25, 0.3) is 11.5 Å². The van der Waals surface area contributed by atoms with Crippen LogP contribution in [-0.2, 0) is 4.79 Å². The lowest BCUT2D eigenvalue weighted by Crippen LogP contribution is -2.22. The van der Waals surface area contributed by atoms with E-state index in [0.717, 1.165) is 11.1 Å². The van der Waals surface area contributed by atoms with Crippen molar-refractivity contribution in [1.29, 1.82) is 0 Å². The average molecular weight is 357 g/mol. The molecule has 1 N–H and O–H groups in total. The number of carbonyl (C=O) groups excluding carboxylic acids is 1. The number of benzene rings is 2. The summed E-state index contributed by atoms with van der Waals surface area (Å²) in [6.45, 7) is 3.74. The Morgan fingerprint density at radius 2 is 1.80 bits per heavy atom. The van der Waals surface area contributed by atoms with Gasteiger partial charge in [-0.1, -0.05) is 29.5 Å². The first-order valence-electron chi connectivity index (χ1n) is 7.65. The molecule has 0 saturated heterocycles. The van der Waals surface area contributed by atoms with Crippen molar-refractivity contribution in [2.45, 2.75) is 24.3 Å². The van der Waals surface area contributed by atoms with Crippen LogP contribution in [0.2, 0.25) is 0 Å². The van der Waals surface area contributed by atoms with Crippen molar-refractivity contribution >= 4 is 23.4 Å². The molecule has 0 aliphatic carbocycles. The Morgan fingerprint density at radius 1 is 1.12 bits per heavy atom. The van der Waals surface area contributed by atoms with Crippen molar-refractivity contribution in [3.05, 3.63) is 59.9 Å². The summed E-state index contributed by atoms with van der Waals surface area (Å²) in [6, 6.07) is 13.3. The number of rotatable bonds is 5. The molecule has 7 heteroatoms. The lowest BCUT2D eigenvalue weighted by atomic mass is 10.1. The van der Waals surface area contributed by atoms with Gasteiger partial charge in [-0.2, -0.15) is 0 Å². The molecule has 0 aliphatic heterocycles. The minimum Gasteiger partial charge on any atom is -0.411 e. The number of aromatic nitrogens is 2. The summed E-state index contributed by atoms with van der Waals surface area (Å²) in [4.78, 5) is 12.2. The van der Waals surface area contributed by atoms with Crippen LogP contribution in [0.4, 0.5) is 10.1 Å². The van der Waals surface area contributed by atoms with E-state index in [1.54, 1.807) is 6.92 Å². The number of anilines is 1. The molecule has 3 rings (SSSR count). The van der Waals surface area contributed by atoms with E-state index < -0.39 is 5.25 Å². The highest BCUT2D eigenvalue weighted by Crippen LogP contribution is 2.27. The van der Waals surface area contributed by atoms with Crippen LogP contribution in [0.1, 0.15) is 12.5 Å². The van der Waals surface area contributed by atoms with Crippen molar-refractivity contribution in [3.63, 3.8) is 0 Å². The standard InChI is InChI=1S/C18H16FN3O2S/c1-11-3-5-13(6-4-11)17-21-22-18(24-17)25-12(2)16(23)20-15-9-7-14(19)8-10-15/h3-10,12H,1-2H3,(H,20,23)/t12-/m1/s1. The zero-order chi connectivity index (χ0) is 17.8. The number of aryl methyl sites for hydroxylation is 1. The second-order valence-electron chi connectivity index (χ2n) is 5.50. The largest absolute Gasteiger partial charge is 0.411 e. The monoisotopic (exact) mass is 357 g/mol. The number of halogens is 1. The third kappa shape index (κ3) is 4.45. The zero-order valence-electron chi connectivity index (χ0n) is 13.7. The molecule has 3 aromatic rings. The smallest absolute Gasteiger partial charge is 0.277 e. The summed E-state index contributed by atoms with van der Waals surface area (Å²) in [6.07, 6.45) is 0. The maximum absolute atomic E-state index is 12.9. The molecule has 0 unspecified atom stereocenters. The molecule has 25 heavy (non-hydrogen) atoms.